The Labute approximate surface area is 146 Å². The van der Waals surface area contributed by atoms with E-state index in [1.807, 2.05) is 60.7 Å². The number of nitrogens with one attached hydrogen (secondary N) is 1. The van der Waals surface area contributed by atoms with E-state index in [0.717, 1.165) is 11.1 Å². The molecule has 0 aliphatic rings. The molecule has 3 rings (SSSR count). The molecule has 2 aromatic carbocycles. The standard InChI is InChI=1S/C20H17ClN2O/c21-17-11-12-22-19(13-17)23-20(24)14-18(15-7-3-1-4-8-15)16-9-5-2-6-10-16/h1-13,18H,14H2,(H,22,23,24). The van der Waals surface area contributed by atoms with E-state index in [1.165, 1.54) is 0 Å². The zero-order valence-electron chi connectivity index (χ0n) is 13.0. The predicted octanol–water partition coefficient (Wildman–Crippen LogP) is 4.90. The number of benzene rings is 2. The summed E-state index contributed by atoms with van der Waals surface area (Å²) in [5, 5.41) is 3.36. The smallest absolute Gasteiger partial charge is 0.226 e. The average molecular weight is 337 g/mol. The van der Waals surface area contributed by atoms with Crippen LogP contribution in [0.5, 0.6) is 0 Å². The van der Waals surface area contributed by atoms with Gasteiger partial charge in [-0.3, -0.25) is 4.79 Å². The van der Waals surface area contributed by atoms with E-state index in [1.54, 1.807) is 18.3 Å². The van der Waals surface area contributed by atoms with Gasteiger partial charge in [0.25, 0.3) is 0 Å². The number of rotatable bonds is 5. The molecule has 0 aliphatic heterocycles. The van der Waals surface area contributed by atoms with E-state index in [9.17, 15) is 4.79 Å². The first-order valence-corrected chi connectivity index (χ1v) is 8.11. The molecule has 1 aromatic heterocycles. The maximum Gasteiger partial charge on any atom is 0.226 e. The largest absolute Gasteiger partial charge is 0.311 e. The SMILES string of the molecule is O=C(CC(c1ccccc1)c1ccccc1)Nc1cc(Cl)ccn1. The number of amides is 1. The normalized spacial score (nSPS) is 10.6. The van der Waals surface area contributed by atoms with E-state index in [4.69, 9.17) is 11.6 Å². The highest BCUT2D eigenvalue weighted by Crippen LogP contribution is 2.28. The number of anilines is 1. The van der Waals surface area contributed by atoms with Crippen LogP contribution in [0.3, 0.4) is 0 Å². The lowest BCUT2D eigenvalue weighted by Crippen LogP contribution is -2.17. The zero-order chi connectivity index (χ0) is 16.8. The van der Waals surface area contributed by atoms with Crippen molar-refractivity contribution in [2.75, 3.05) is 5.32 Å². The first-order chi connectivity index (χ1) is 11.7. The number of hydrogen-bond donors (Lipinski definition) is 1. The molecule has 0 unspecified atom stereocenters. The Morgan fingerprint density at radius 2 is 1.54 bits per heavy atom. The Hall–Kier alpha value is -2.65. The van der Waals surface area contributed by atoms with E-state index >= 15 is 0 Å². The number of halogens is 1. The highest BCUT2D eigenvalue weighted by molar-refractivity contribution is 6.30. The summed E-state index contributed by atoms with van der Waals surface area (Å²) in [5.41, 5.74) is 2.22. The molecule has 1 heterocycles. The molecule has 0 saturated heterocycles. The molecular weight excluding hydrogens is 320 g/mol. The summed E-state index contributed by atoms with van der Waals surface area (Å²) in [6.45, 7) is 0. The lowest BCUT2D eigenvalue weighted by molar-refractivity contribution is -0.116. The van der Waals surface area contributed by atoms with Crippen molar-refractivity contribution in [1.82, 2.24) is 4.98 Å². The molecule has 0 bridgehead atoms. The second-order valence-electron chi connectivity index (χ2n) is 5.49. The third-order valence-electron chi connectivity index (χ3n) is 3.78. The molecule has 120 valence electrons. The van der Waals surface area contributed by atoms with Crippen molar-refractivity contribution in [3.05, 3.63) is 95.1 Å². The van der Waals surface area contributed by atoms with Crippen LogP contribution < -0.4 is 5.32 Å². The lowest BCUT2D eigenvalue weighted by Gasteiger charge is -2.17. The quantitative estimate of drug-likeness (QED) is 0.720. The van der Waals surface area contributed by atoms with Crippen molar-refractivity contribution in [2.24, 2.45) is 0 Å². The summed E-state index contributed by atoms with van der Waals surface area (Å²) in [6, 6.07) is 23.4. The van der Waals surface area contributed by atoms with E-state index in [0.29, 0.717) is 17.3 Å². The lowest BCUT2D eigenvalue weighted by atomic mass is 9.88. The number of carbonyl (C=O) groups excluding carboxylic acids is 1. The van der Waals surface area contributed by atoms with E-state index < -0.39 is 0 Å². The van der Waals surface area contributed by atoms with E-state index in [-0.39, 0.29) is 11.8 Å². The van der Waals surface area contributed by atoms with Crippen LogP contribution >= 0.6 is 11.6 Å². The number of pyridine rings is 1. The molecule has 3 nitrogen and oxygen atoms in total. The minimum atomic E-state index is -0.0949. The van der Waals surface area contributed by atoms with Crippen LogP contribution in [-0.4, -0.2) is 10.9 Å². The van der Waals surface area contributed by atoms with Crippen molar-refractivity contribution in [2.45, 2.75) is 12.3 Å². The van der Waals surface area contributed by atoms with Crippen LogP contribution in [0.4, 0.5) is 5.82 Å². The molecule has 0 fully saturated rings. The highest BCUT2D eigenvalue weighted by Gasteiger charge is 2.18. The summed E-state index contributed by atoms with van der Waals surface area (Å²) >= 11 is 5.93. The molecule has 24 heavy (non-hydrogen) atoms. The Kier molecular flexibility index (Phi) is 5.24. The molecule has 3 aromatic rings. The third-order valence-corrected chi connectivity index (χ3v) is 4.02. The molecule has 0 atom stereocenters. The monoisotopic (exact) mass is 336 g/mol. The maximum atomic E-state index is 12.5. The minimum Gasteiger partial charge on any atom is -0.311 e. The zero-order valence-corrected chi connectivity index (χ0v) is 13.8. The molecule has 4 heteroatoms. The van der Waals surface area contributed by atoms with Crippen molar-refractivity contribution in [3.63, 3.8) is 0 Å². The number of hydrogen-bond acceptors (Lipinski definition) is 2. The van der Waals surface area contributed by atoms with Gasteiger partial charge in [0.1, 0.15) is 5.82 Å². The summed E-state index contributed by atoms with van der Waals surface area (Å²) in [5.74, 6) is 0.362. The van der Waals surface area contributed by atoms with Gasteiger partial charge in [0.15, 0.2) is 0 Å². The highest BCUT2D eigenvalue weighted by atomic mass is 35.5. The topological polar surface area (TPSA) is 42.0 Å². The van der Waals surface area contributed by atoms with Gasteiger partial charge < -0.3 is 5.32 Å². The molecular formula is C20H17ClN2O. The van der Waals surface area contributed by atoms with Crippen LogP contribution in [0.1, 0.15) is 23.5 Å². The Morgan fingerprint density at radius 1 is 0.958 bits per heavy atom. The van der Waals surface area contributed by atoms with Crippen molar-refractivity contribution < 1.29 is 4.79 Å². The van der Waals surface area contributed by atoms with Crippen LogP contribution in [0.25, 0.3) is 0 Å². The molecule has 1 amide bonds. The fraction of sp³-hybridized carbons (Fsp3) is 0.100. The Bertz CT molecular complexity index is 767. The van der Waals surface area contributed by atoms with E-state index in [2.05, 4.69) is 10.3 Å². The first-order valence-electron chi connectivity index (χ1n) is 7.73. The van der Waals surface area contributed by atoms with Gasteiger partial charge in [0, 0.05) is 23.6 Å². The van der Waals surface area contributed by atoms with Gasteiger partial charge in [-0.05, 0) is 23.3 Å². The second kappa shape index (κ2) is 7.75. The van der Waals surface area contributed by atoms with Crippen molar-refractivity contribution in [3.8, 4) is 0 Å². The Balaban J connectivity index is 1.80. The second-order valence-corrected chi connectivity index (χ2v) is 5.92. The van der Waals surface area contributed by atoms with Gasteiger partial charge >= 0.3 is 0 Å². The van der Waals surface area contributed by atoms with Crippen molar-refractivity contribution in [1.29, 1.82) is 0 Å². The van der Waals surface area contributed by atoms with Gasteiger partial charge in [0.05, 0.1) is 0 Å². The van der Waals surface area contributed by atoms with Crippen LogP contribution in [0.2, 0.25) is 5.02 Å². The van der Waals surface area contributed by atoms with Gasteiger partial charge in [-0.15, -0.1) is 0 Å². The molecule has 0 spiro atoms. The molecule has 0 saturated carbocycles. The predicted molar refractivity (Wildman–Crippen MR) is 97.2 cm³/mol. The molecule has 0 aliphatic carbocycles. The van der Waals surface area contributed by atoms with Gasteiger partial charge in [-0.2, -0.15) is 0 Å². The molecule has 1 N–H and O–H groups in total. The number of carbonyl (C=O) groups is 1. The first kappa shape index (κ1) is 16.2. The summed E-state index contributed by atoms with van der Waals surface area (Å²) in [4.78, 5) is 16.6. The Morgan fingerprint density at radius 3 is 2.08 bits per heavy atom. The summed E-state index contributed by atoms with van der Waals surface area (Å²) in [6.07, 6.45) is 1.91. The van der Waals surface area contributed by atoms with Crippen molar-refractivity contribution >= 4 is 23.3 Å². The van der Waals surface area contributed by atoms with Crippen LogP contribution in [-0.2, 0) is 4.79 Å². The van der Waals surface area contributed by atoms with Gasteiger partial charge in [-0.1, -0.05) is 72.3 Å². The summed E-state index contributed by atoms with van der Waals surface area (Å²) < 4.78 is 0. The van der Waals surface area contributed by atoms with Crippen LogP contribution in [0, 0.1) is 0 Å². The van der Waals surface area contributed by atoms with Gasteiger partial charge in [-0.25, -0.2) is 4.98 Å². The van der Waals surface area contributed by atoms with Gasteiger partial charge in [0.2, 0.25) is 5.91 Å². The number of nitrogens with zero attached hydrogens (tertiary/aromatic N) is 1. The maximum absolute atomic E-state index is 12.5. The fourth-order valence-corrected chi connectivity index (χ4v) is 2.81. The minimum absolute atomic E-state index is 0.00779. The fourth-order valence-electron chi connectivity index (χ4n) is 2.65. The summed E-state index contributed by atoms with van der Waals surface area (Å²) in [7, 11) is 0. The average Bonchev–Trinajstić information content (AvgIpc) is 2.61. The number of aromatic nitrogens is 1. The van der Waals surface area contributed by atoms with Crippen LogP contribution in [0.15, 0.2) is 79.0 Å². The third kappa shape index (κ3) is 4.21. The molecule has 0 radical (unpaired) electrons.